The molecule has 0 atom stereocenters. The first-order chi connectivity index (χ1) is 11.3. The fourth-order valence-electron chi connectivity index (χ4n) is 2.81. The van der Waals surface area contributed by atoms with Gasteiger partial charge < -0.3 is 4.90 Å². The minimum atomic E-state index is -0.128. The largest absolute Gasteiger partial charge is 0.368 e. The van der Waals surface area contributed by atoms with Gasteiger partial charge in [0, 0.05) is 30.3 Å². The molecule has 3 nitrogen and oxygen atoms in total. The summed E-state index contributed by atoms with van der Waals surface area (Å²) in [4.78, 5) is 27.4. The maximum absolute atomic E-state index is 12.8. The van der Waals surface area contributed by atoms with E-state index in [-0.39, 0.29) is 11.6 Å². The Bertz CT molecular complexity index is 714. The number of carbonyl (C=O) groups excluding carboxylic acids is 2. The molecule has 116 valence electrons. The van der Waals surface area contributed by atoms with Gasteiger partial charge in [-0.2, -0.15) is 0 Å². The van der Waals surface area contributed by atoms with Crippen LogP contribution in [0.4, 0.5) is 0 Å². The lowest BCUT2D eigenvalue weighted by Gasteiger charge is -2.20. The molecule has 23 heavy (non-hydrogen) atoms. The van der Waals surface area contributed by atoms with Gasteiger partial charge in [0.25, 0.3) is 0 Å². The van der Waals surface area contributed by atoms with Crippen LogP contribution in [0.25, 0.3) is 0 Å². The average Bonchev–Trinajstić information content (AvgIpc) is 3.15. The van der Waals surface area contributed by atoms with E-state index in [9.17, 15) is 9.59 Å². The molecule has 0 aromatic heterocycles. The van der Waals surface area contributed by atoms with Gasteiger partial charge in [0.2, 0.25) is 5.78 Å². The molecular formula is C20H19NO2. The molecule has 0 bridgehead atoms. The number of allylic oxidation sites excluding steroid dienone is 2. The standard InChI is InChI=1S/C20H19NO2/c22-19(16-9-3-1-4-10-16)15-18(21-13-7-8-14-21)20(23)17-11-5-2-6-12-17/h1-6,9-12,15H,7-8,13-14H2/b18-15+. The smallest absolute Gasteiger partial charge is 0.209 e. The van der Waals surface area contributed by atoms with Gasteiger partial charge in [-0.1, -0.05) is 60.7 Å². The van der Waals surface area contributed by atoms with Crippen molar-refractivity contribution in [2.24, 2.45) is 0 Å². The third-order valence-corrected chi connectivity index (χ3v) is 4.04. The molecule has 0 saturated carbocycles. The van der Waals surface area contributed by atoms with Crippen molar-refractivity contribution in [1.29, 1.82) is 0 Å². The van der Waals surface area contributed by atoms with E-state index in [4.69, 9.17) is 0 Å². The molecule has 0 spiro atoms. The highest BCUT2D eigenvalue weighted by atomic mass is 16.1. The Kier molecular flexibility index (Phi) is 4.67. The Morgan fingerprint density at radius 1 is 0.783 bits per heavy atom. The van der Waals surface area contributed by atoms with Crippen LogP contribution in [0, 0.1) is 0 Å². The summed E-state index contributed by atoms with van der Waals surface area (Å²) in [7, 11) is 0. The quantitative estimate of drug-likeness (QED) is 0.624. The second-order valence-electron chi connectivity index (χ2n) is 5.65. The molecule has 1 saturated heterocycles. The van der Waals surface area contributed by atoms with Crippen molar-refractivity contribution in [2.75, 3.05) is 13.1 Å². The second-order valence-corrected chi connectivity index (χ2v) is 5.65. The molecule has 1 aliphatic heterocycles. The topological polar surface area (TPSA) is 37.4 Å². The van der Waals surface area contributed by atoms with Gasteiger partial charge in [-0.25, -0.2) is 0 Å². The normalized spacial score (nSPS) is 14.8. The average molecular weight is 305 g/mol. The third kappa shape index (κ3) is 3.57. The number of rotatable bonds is 5. The third-order valence-electron chi connectivity index (χ3n) is 4.04. The van der Waals surface area contributed by atoms with Crippen molar-refractivity contribution in [3.8, 4) is 0 Å². The van der Waals surface area contributed by atoms with Gasteiger partial charge in [-0.3, -0.25) is 9.59 Å². The lowest BCUT2D eigenvalue weighted by Crippen LogP contribution is -2.25. The van der Waals surface area contributed by atoms with Crippen LogP contribution in [0.15, 0.2) is 72.4 Å². The monoisotopic (exact) mass is 305 g/mol. The van der Waals surface area contributed by atoms with Crippen LogP contribution in [0.1, 0.15) is 33.6 Å². The molecule has 1 aliphatic rings. The molecule has 1 fully saturated rings. The first-order valence-corrected chi connectivity index (χ1v) is 7.91. The van der Waals surface area contributed by atoms with Crippen LogP contribution >= 0.6 is 0 Å². The minimum absolute atomic E-state index is 0.0863. The van der Waals surface area contributed by atoms with Crippen LogP contribution in [-0.2, 0) is 0 Å². The predicted molar refractivity (Wildman–Crippen MR) is 90.4 cm³/mol. The SMILES string of the molecule is O=C(/C=C(\C(=O)c1ccccc1)N1CCCC1)c1ccccc1. The summed E-state index contributed by atoms with van der Waals surface area (Å²) >= 11 is 0. The molecule has 1 heterocycles. The number of likely N-dealkylation sites (tertiary alicyclic amines) is 1. The molecule has 0 amide bonds. The fourth-order valence-corrected chi connectivity index (χ4v) is 2.81. The number of hydrogen-bond acceptors (Lipinski definition) is 3. The summed E-state index contributed by atoms with van der Waals surface area (Å²) in [5, 5.41) is 0. The molecule has 0 N–H and O–H groups in total. The van der Waals surface area contributed by atoms with Crippen LogP contribution in [0.5, 0.6) is 0 Å². The summed E-state index contributed by atoms with van der Waals surface area (Å²) in [5.41, 5.74) is 1.72. The van der Waals surface area contributed by atoms with E-state index in [0.717, 1.165) is 25.9 Å². The van der Waals surface area contributed by atoms with Gasteiger partial charge in [-0.05, 0) is 12.8 Å². The molecular weight excluding hydrogens is 286 g/mol. The van der Waals surface area contributed by atoms with E-state index in [1.165, 1.54) is 6.08 Å². The Hall–Kier alpha value is -2.68. The highest BCUT2D eigenvalue weighted by Crippen LogP contribution is 2.20. The van der Waals surface area contributed by atoms with Gasteiger partial charge in [0.15, 0.2) is 5.78 Å². The first kappa shape index (κ1) is 15.2. The zero-order valence-corrected chi connectivity index (χ0v) is 12.9. The van der Waals surface area contributed by atoms with Gasteiger partial charge in [0.1, 0.15) is 0 Å². The van der Waals surface area contributed by atoms with Crippen molar-refractivity contribution >= 4 is 11.6 Å². The lowest BCUT2D eigenvalue weighted by molar-refractivity contribution is 0.0979. The molecule has 0 unspecified atom stereocenters. The van der Waals surface area contributed by atoms with E-state index in [1.807, 2.05) is 41.3 Å². The van der Waals surface area contributed by atoms with Crippen molar-refractivity contribution in [2.45, 2.75) is 12.8 Å². The highest BCUT2D eigenvalue weighted by Gasteiger charge is 2.23. The summed E-state index contributed by atoms with van der Waals surface area (Å²) in [5.74, 6) is -0.214. The second kappa shape index (κ2) is 7.05. The number of hydrogen-bond donors (Lipinski definition) is 0. The zero-order chi connectivity index (χ0) is 16.1. The maximum atomic E-state index is 12.8. The predicted octanol–water partition coefficient (Wildman–Crippen LogP) is 3.73. The summed E-state index contributed by atoms with van der Waals surface area (Å²) in [6.45, 7) is 1.65. The Balaban J connectivity index is 1.94. The van der Waals surface area contributed by atoms with Crippen molar-refractivity contribution in [1.82, 2.24) is 4.90 Å². The number of carbonyl (C=O) groups is 2. The Morgan fingerprint density at radius 3 is 1.87 bits per heavy atom. The van der Waals surface area contributed by atoms with Crippen molar-refractivity contribution in [3.05, 3.63) is 83.6 Å². The molecule has 0 aliphatic carbocycles. The Labute approximate surface area is 136 Å². The molecule has 0 radical (unpaired) electrons. The van der Waals surface area contributed by atoms with Crippen LogP contribution in [0.3, 0.4) is 0 Å². The zero-order valence-electron chi connectivity index (χ0n) is 12.9. The van der Waals surface area contributed by atoms with E-state index < -0.39 is 0 Å². The number of benzene rings is 2. The van der Waals surface area contributed by atoms with E-state index in [0.29, 0.717) is 16.8 Å². The van der Waals surface area contributed by atoms with Crippen LogP contribution in [-0.4, -0.2) is 29.6 Å². The first-order valence-electron chi connectivity index (χ1n) is 7.91. The van der Waals surface area contributed by atoms with Gasteiger partial charge >= 0.3 is 0 Å². The highest BCUT2D eigenvalue weighted by molar-refractivity contribution is 6.14. The van der Waals surface area contributed by atoms with E-state index in [2.05, 4.69) is 0 Å². The summed E-state index contributed by atoms with van der Waals surface area (Å²) < 4.78 is 0. The lowest BCUT2D eigenvalue weighted by atomic mass is 10.0. The van der Waals surface area contributed by atoms with Crippen molar-refractivity contribution < 1.29 is 9.59 Å². The minimum Gasteiger partial charge on any atom is -0.368 e. The van der Waals surface area contributed by atoms with E-state index in [1.54, 1.807) is 24.3 Å². The van der Waals surface area contributed by atoms with Gasteiger partial charge in [0.05, 0.1) is 5.70 Å². The number of Topliss-reactive ketones (excluding diaryl/α,β-unsaturated/α-hetero) is 1. The van der Waals surface area contributed by atoms with E-state index >= 15 is 0 Å². The maximum Gasteiger partial charge on any atom is 0.209 e. The van der Waals surface area contributed by atoms with Crippen molar-refractivity contribution in [3.63, 3.8) is 0 Å². The fraction of sp³-hybridized carbons (Fsp3) is 0.200. The number of nitrogens with zero attached hydrogens (tertiary/aromatic N) is 1. The Morgan fingerprint density at radius 2 is 1.30 bits per heavy atom. The molecule has 2 aromatic rings. The molecule has 3 rings (SSSR count). The summed E-state index contributed by atoms with van der Waals surface area (Å²) in [6.07, 6.45) is 3.61. The van der Waals surface area contributed by atoms with Crippen LogP contribution in [0.2, 0.25) is 0 Å². The summed E-state index contributed by atoms with van der Waals surface area (Å²) in [6, 6.07) is 18.2. The van der Waals surface area contributed by atoms with Crippen LogP contribution < -0.4 is 0 Å². The van der Waals surface area contributed by atoms with Gasteiger partial charge in [-0.15, -0.1) is 0 Å². The molecule has 3 heteroatoms. The number of ketones is 2. The molecule has 2 aromatic carbocycles.